The molecule has 0 fully saturated rings. The first-order valence-electron chi connectivity index (χ1n) is 6.39. The molecule has 0 saturated heterocycles. The second-order valence-electron chi connectivity index (χ2n) is 4.18. The van der Waals surface area contributed by atoms with Crippen LogP contribution in [-0.4, -0.2) is 28.0 Å². The average Bonchev–Trinajstić information content (AvgIpc) is 2.95. The highest BCUT2D eigenvalue weighted by Gasteiger charge is 2.17. The minimum Gasteiger partial charge on any atom is -0.481 e. The summed E-state index contributed by atoms with van der Waals surface area (Å²) < 4.78 is 19.0. The first kappa shape index (κ1) is 16.4. The fourth-order valence-electron chi connectivity index (χ4n) is 1.43. The monoisotopic (exact) mass is 339 g/mol. The van der Waals surface area contributed by atoms with Gasteiger partial charge in [-0.3, -0.25) is 10.1 Å². The van der Waals surface area contributed by atoms with Crippen LogP contribution in [0.2, 0.25) is 0 Å². The number of halogens is 1. The Morgan fingerprint density at radius 1 is 1.50 bits per heavy atom. The van der Waals surface area contributed by atoms with Crippen LogP contribution in [-0.2, 0) is 4.79 Å². The van der Waals surface area contributed by atoms with E-state index in [0.29, 0.717) is 10.9 Å². The summed E-state index contributed by atoms with van der Waals surface area (Å²) in [5.41, 5.74) is 0. The number of nitrogens with zero attached hydrogens (tertiary/aromatic N) is 2. The third kappa shape index (κ3) is 4.81. The van der Waals surface area contributed by atoms with Crippen molar-refractivity contribution in [1.82, 2.24) is 10.2 Å². The lowest BCUT2D eigenvalue weighted by molar-refractivity contribution is -0.122. The quantitative estimate of drug-likeness (QED) is 0.476. The predicted molar refractivity (Wildman–Crippen MR) is 85.9 cm³/mol. The van der Waals surface area contributed by atoms with Crippen molar-refractivity contribution in [3.05, 3.63) is 42.7 Å². The summed E-state index contributed by atoms with van der Waals surface area (Å²) in [6, 6.07) is 5.48. The standard InChI is InChI=1S/C14H14FN3O2S2/c1-3-8-21-14-18-17-13(22-14)16-12(19)9(2)20-11-6-4-10(15)5-7-11/h3-7,9H,1,8H2,2H3,(H,16,17,19)/t9-/m1/s1. The number of hydrogen-bond donors (Lipinski definition) is 1. The highest BCUT2D eigenvalue weighted by molar-refractivity contribution is 8.01. The zero-order valence-electron chi connectivity index (χ0n) is 11.8. The van der Waals surface area contributed by atoms with Gasteiger partial charge in [0.15, 0.2) is 10.4 Å². The number of anilines is 1. The second-order valence-corrected chi connectivity index (χ2v) is 6.42. The number of benzene rings is 1. The number of aromatic nitrogens is 2. The summed E-state index contributed by atoms with van der Waals surface area (Å²) in [7, 11) is 0. The maximum Gasteiger partial charge on any atom is 0.266 e. The van der Waals surface area contributed by atoms with Gasteiger partial charge >= 0.3 is 0 Å². The van der Waals surface area contributed by atoms with Crippen molar-refractivity contribution in [3.63, 3.8) is 0 Å². The van der Waals surface area contributed by atoms with E-state index in [-0.39, 0.29) is 11.7 Å². The zero-order chi connectivity index (χ0) is 15.9. The largest absolute Gasteiger partial charge is 0.481 e. The second kappa shape index (κ2) is 7.90. The van der Waals surface area contributed by atoms with E-state index in [4.69, 9.17) is 4.74 Å². The summed E-state index contributed by atoms with van der Waals surface area (Å²) >= 11 is 2.77. The van der Waals surface area contributed by atoms with Gasteiger partial charge in [0.1, 0.15) is 11.6 Å². The van der Waals surface area contributed by atoms with Gasteiger partial charge < -0.3 is 4.74 Å². The lowest BCUT2D eigenvalue weighted by Gasteiger charge is -2.13. The van der Waals surface area contributed by atoms with Crippen LogP contribution in [0.5, 0.6) is 5.75 Å². The fraction of sp³-hybridized carbons (Fsp3) is 0.214. The average molecular weight is 339 g/mol. The van der Waals surface area contributed by atoms with Gasteiger partial charge in [-0.25, -0.2) is 4.39 Å². The van der Waals surface area contributed by atoms with Gasteiger partial charge in [0.05, 0.1) is 0 Å². The maximum atomic E-state index is 12.8. The molecule has 0 bridgehead atoms. The molecule has 1 atom stereocenters. The van der Waals surface area contributed by atoms with E-state index in [1.807, 2.05) is 0 Å². The Labute approximate surface area is 135 Å². The molecule has 1 heterocycles. The molecule has 0 unspecified atom stereocenters. The van der Waals surface area contributed by atoms with Crippen molar-refractivity contribution in [2.24, 2.45) is 0 Å². The molecule has 5 nitrogen and oxygen atoms in total. The number of nitrogens with one attached hydrogen (secondary N) is 1. The van der Waals surface area contributed by atoms with Gasteiger partial charge in [-0.2, -0.15) is 0 Å². The molecule has 116 valence electrons. The Kier molecular flexibility index (Phi) is 5.91. The van der Waals surface area contributed by atoms with Gasteiger partial charge in [0.2, 0.25) is 5.13 Å². The Morgan fingerprint density at radius 3 is 2.91 bits per heavy atom. The molecule has 2 rings (SSSR count). The van der Waals surface area contributed by atoms with E-state index in [1.54, 1.807) is 13.0 Å². The molecule has 0 aliphatic carbocycles. The first-order valence-corrected chi connectivity index (χ1v) is 8.19. The maximum absolute atomic E-state index is 12.8. The molecule has 0 spiro atoms. The van der Waals surface area contributed by atoms with Crippen molar-refractivity contribution >= 4 is 34.1 Å². The van der Waals surface area contributed by atoms with E-state index in [0.717, 1.165) is 10.1 Å². The van der Waals surface area contributed by atoms with E-state index >= 15 is 0 Å². The van der Waals surface area contributed by atoms with Crippen LogP contribution < -0.4 is 10.1 Å². The lowest BCUT2D eigenvalue weighted by Crippen LogP contribution is -2.30. The summed E-state index contributed by atoms with van der Waals surface area (Å²) in [5, 5.41) is 10.9. The number of carbonyl (C=O) groups is 1. The Morgan fingerprint density at radius 2 is 2.23 bits per heavy atom. The van der Waals surface area contributed by atoms with Crippen LogP contribution in [0.25, 0.3) is 0 Å². The van der Waals surface area contributed by atoms with Crippen molar-refractivity contribution < 1.29 is 13.9 Å². The van der Waals surface area contributed by atoms with E-state index < -0.39 is 6.10 Å². The van der Waals surface area contributed by atoms with E-state index in [2.05, 4.69) is 22.1 Å². The summed E-state index contributed by atoms with van der Waals surface area (Å²) in [6.07, 6.45) is 1.03. The summed E-state index contributed by atoms with van der Waals surface area (Å²) in [5.74, 6) is 0.444. The van der Waals surface area contributed by atoms with Gasteiger partial charge in [-0.15, -0.1) is 16.8 Å². The molecular weight excluding hydrogens is 325 g/mol. The van der Waals surface area contributed by atoms with Crippen LogP contribution in [0.15, 0.2) is 41.3 Å². The van der Waals surface area contributed by atoms with Crippen LogP contribution in [0.3, 0.4) is 0 Å². The molecule has 22 heavy (non-hydrogen) atoms. The van der Waals surface area contributed by atoms with E-state index in [1.165, 1.54) is 47.4 Å². The summed E-state index contributed by atoms with van der Waals surface area (Å²) in [4.78, 5) is 12.0. The summed E-state index contributed by atoms with van der Waals surface area (Å²) in [6.45, 7) is 5.23. The lowest BCUT2D eigenvalue weighted by atomic mass is 10.3. The number of hydrogen-bond acceptors (Lipinski definition) is 6. The van der Waals surface area contributed by atoms with Crippen LogP contribution in [0.1, 0.15) is 6.92 Å². The highest BCUT2D eigenvalue weighted by atomic mass is 32.2. The molecule has 1 aromatic carbocycles. The Bertz CT molecular complexity index is 646. The van der Waals surface area contributed by atoms with Crippen molar-refractivity contribution in [2.75, 3.05) is 11.1 Å². The van der Waals surface area contributed by atoms with Crippen molar-refractivity contribution in [2.45, 2.75) is 17.4 Å². The molecular formula is C14H14FN3O2S2. The molecule has 0 saturated carbocycles. The minimum absolute atomic E-state index is 0.347. The SMILES string of the molecule is C=CCSc1nnc(NC(=O)[C@@H](C)Oc2ccc(F)cc2)s1. The number of rotatable bonds is 7. The van der Waals surface area contributed by atoms with Crippen LogP contribution in [0.4, 0.5) is 9.52 Å². The molecule has 0 aliphatic heterocycles. The fourth-order valence-corrected chi connectivity index (χ4v) is 2.94. The minimum atomic E-state index is -0.737. The van der Waals surface area contributed by atoms with Crippen molar-refractivity contribution in [1.29, 1.82) is 0 Å². The van der Waals surface area contributed by atoms with Crippen LogP contribution in [0, 0.1) is 5.82 Å². The molecule has 1 aromatic heterocycles. The van der Waals surface area contributed by atoms with Crippen LogP contribution >= 0.6 is 23.1 Å². The normalized spacial score (nSPS) is 11.7. The van der Waals surface area contributed by atoms with Gasteiger partial charge in [0, 0.05) is 5.75 Å². The first-order chi connectivity index (χ1) is 10.6. The third-order valence-electron chi connectivity index (χ3n) is 2.46. The van der Waals surface area contributed by atoms with Gasteiger partial charge in [0.25, 0.3) is 5.91 Å². The molecule has 2 aromatic rings. The topological polar surface area (TPSA) is 64.1 Å². The number of carbonyl (C=O) groups excluding carboxylic acids is 1. The molecule has 1 amide bonds. The molecule has 1 N–H and O–H groups in total. The number of ether oxygens (including phenoxy) is 1. The predicted octanol–water partition coefficient (Wildman–Crippen LogP) is 3.36. The molecule has 8 heteroatoms. The molecule has 0 radical (unpaired) electrons. The zero-order valence-corrected chi connectivity index (χ0v) is 13.4. The Balaban J connectivity index is 1.89. The molecule has 0 aliphatic rings. The van der Waals surface area contributed by atoms with Crippen molar-refractivity contribution in [3.8, 4) is 5.75 Å². The van der Waals surface area contributed by atoms with Gasteiger partial charge in [-0.1, -0.05) is 29.2 Å². The van der Waals surface area contributed by atoms with Gasteiger partial charge in [-0.05, 0) is 31.2 Å². The number of thioether (sulfide) groups is 1. The smallest absolute Gasteiger partial charge is 0.266 e. The number of amides is 1. The highest BCUT2D eigenvalue weighted by Crippen LogP contribution is 2.25. The Hall–Kier alpha value is -1.93. The van der Waals surface area contributed by atoms with E-state index in [9.17, 15) is 9.18 Å². The third-order valence-corrected chi connectivity index (χ3v) is 4.42.